The molecule has 0 aliphatic heterocycles. The van der Waals surface area contributed by atoms with Crippen molar-refractivity contribution in [2.24, 2.45) is 17.8 Å². The van der Waals surface area contributed by atoms with Gasteiger partial charge in [0.15, 0.2) is 0 Å². The van der Waals surface area contributed by atoms with E-state index in [2.05, 4.69) is 20.8 Å². The lowest BCUT2D eigenvalue weighted by atomic mass is 9.80. The van der Waals surface area contributed by atoms with E-state index in [1.54, 1.807) is 13.8 Å². The minimum absolute atomic E-state index is 0.153. The topological polar surface area (TPSA) is 0 Å². The fourth-order valence-corrected chi connectivity index (χ4v) is 1.62. The summed E-state index contributed by atoms with van der Waals surface area (Å²) >= 11 is 0. The van der Waals surface area contributed by atoms with Gasteiger partial charge in [0.05, 0.1) is 0 Å². The molecule has 0 aromatic carbocycles. The Hall–Kier alpha value is -0.0700. The third-order valence-electron chi connectivity index (χ3n) is 2.78. The largest absolute Gasteiger partial charge is 0.244 e. The number of hydrogen-bond acceptors (Lipinski definition) is 0. The highest BCUT2D eigenvalue weighted by Gasteiger charge is 2.29. The minimum atomic E-state index is -1.03. The summed E-state index contributed by atoms with van der Waals surface area (Å²) in [4.78, 5) is 0. The van der Waals surface area contributed by atoms with Crippen molar-refractivity contribution in [1.29, 1.82) is 0 Å². The SMILES string of the molecule is CC(C)CC(C)C(C)C(C)(C)F. The van der Waals surface area contributed by atoms with E-state index in [1.807, 2.05) is 6.92 Å². The molecule has 0 spiro atoms. The molecule has 0 fully saturated rings. The van der Waals surface area contributed by atoms with E-state index in [9.17, 15) is 4.39 Å². The molecule has 0 heterocycles. The molecule has 74 valence electrons. The summed E-state index contributed by atoms with van der Waals surface area (Å²) in [5, 5.41) is 0. The van der Waals surface area contributed by atoms with E-state index in [4.69, 9.17) is 0 Å². The van der Waals surface area contributed by atoms with Crippen molar-refractivity contribution in [3.8, 4) is 0 Å². The zero-order valence-corrected chi connectivity index (χ0v) is 9.32. The van der Waals surface area contributed by atoms with Crippen molar-refractivity contribution in [2.75, 3.05) is 0 Å². The average Bonchev–Trinajstić information content (AvgIpc) is 1.82. The van der Waals surface area contributed by atoms with Crippen molar-refractivity contribution < 1.29 is 4.39 Å². The van der Waals surface area contributed by atoms with Gasteiger partial charge in [0.1, 0.15) is 5.67 Å². The molecular formula is C11H23F. The Morgan fingerprint density at radius 1 is 1.08 bits per heavy atom. The Balaban J connectivity index is 4.01. The lowest BCUT2D eigenvalue weighted by Crippen LogP contribution is -2.29. The van der Waals surface area contributed by atoms with Gasteiger partial charge < -0.3 is 0 Å². The Morgan fingerprint density at radius 2 is 1.50 bits per heavy atom. The maximum absolute atomic E-state index is 13.5. The van der Waals surface area contributed by atoms with Crippen molar-refractivity contribution >= 4 is 0 Å². The van der Waals surface area contributed by atoms with Gasteiger partial charge in [0.25, 0.3) is 0 Å². The second-order valence-corrected chi connectivity index (χ2v) is 4.96. The third kappa shape index (κ3) is 4.08. The van der Waals surface area contributed by atoms with E-state index >= 15 is 0 Å². The minimum Gasteiger partial charge on any atom is -0.244 e. The Labute approximate surface area is 76.6 Å². The Morgan fingerprint density at radius 3 is 1.75 bits per heavy atom. The summed E-state index contributed by atoms with van der Waals surface area (Å²) in [6.07, 6.45) is 1.12. The quantitative estimate of drug-likeness (QED) is 0.603. The molecule has 0 N–H and O–H groups in total. The van der Waals surface area contributed by atoms with Crippen LogP contribution in [0.4, 0.5) is 4.39 Å². The smallest absolute Gasteiger partial charge is 0.108 e. The standard InChI is InChI=1S/C11H23F/c1-8(2)7-9(3)10(4)11(5,6)12/h8-10H,7H2,1-6H3. The molecule has 0 aliphatic rings. The monoisotopic (exact) mass is 174 g/mol. The van der Waals surface area contributed by atoms with Crippen LogP contribution < -0.4 is 0 Å². The van der Waals surface area contributed by atoms with Crippen molar-refractivity contribution in [1.82, 2.24) is 0 Å². The molecule has 0 aromatic rings. The average molecular weight is 174 g/mol. The van der Waals surface area contributed by atoms with Crippen LogP contribution in [-0.2, 0) is 0 Å². The highest BCUT2D eigenvalue weighted by atomic mass is 19.1. The predicted molar refractivity (Wildman–Crippen MR) is 53.0 cm³/mol. The molecule has 0 aliphatic carbocycles. The number of hydrogen-bond donors (Lipinski definition) is 0. The highest BCUT2D eigenvalue weighted by Crippen LogP contribution is 2.31. The molecule has 0 saturated heterocycles. The molecule has 0 aromatic heterocycles. The Kier molecular flexibility index (Phi) is 4.22. The van der Waals surface area contributed by atoms with Gasteiger partial charge in [0.2, 0.25) is 0 Å². The van der Waals surface area contributed by atoms with Crippen LogP contribution in [0.3, 0.4) is 0 Å². The van der Waals surface area contributed by atoms with Crippen LogP contribution in [0.2, 0.25) is 0 Å². The molecule has 0 amide bonds. The fraction of sp³-hybridized carbons (Fsp3) is 1.00. The maximum Gasteiger partial charge on any atom is 0.108 e. The number of halogens is 1. The van der Waals surface area contributed by atoms with E-state index < -0.39 is 5.67 Å². The molecule has 0 nitrogen and oxygen atoms in total. The summed E-state index contributed by atoms with van der Waals surface area (Å²) in [5.41, 5.74) is -1.03. The first-order valence-electron chi connectivity index (χ1n) is 4.94. The summed E-state index contributed by atoms with van der Waals surface area (Å²) < 4.78 is 13.5. The highest BCUT2D eigenvalue weighted by molar-refractivity contribution is 4.78. The molecule has 12 heavy (non-hydrogen) atoms. The first kappa shape index (κ1) is 11.9. The van der Waals surface area contributed by atoms with Gasteiger partial charge in [-0.25, -0.2) is 4.39 Å². The molecular weight excluding hydrogens is 151 g/mol. The van der Waals surface area contributed by atoms with Crippen LogP contribution in [0, 0.1) is 17.8 Å². The van der Waals surface area contributed by atoms with Crippen molar-refractivity contribution in [3.05, 3.63) is 0 Å². The van der Waals surface area contributed by atoms with Crippen LogP contribution in [0.25, 0.3) is 0 Å². The summed E-state index contributed by atoms with van der Waals surface area (Å²) in [7, 11) is 0. The van der Waals surface area contributed by atoms with Crippen LogP contribution in [0.15, 0.2) is 0 Å². The van der Waals surface area contributed by atoms with Crippen LogP contribution >= 0.6 is 0 Å². The van der Waals surface area contributed by atoms with Gasteiger partial charge in [-0.3, -0.25) is 0 Å². The molecule has 0 rings (SSSR count). The van der Waals surface area contributed by atoms with E-state index in [1.165, 1.54) is 0 Å². The van der Waals surface area contributed by atoms with Gasteiger partial charge in [-0.15, -0.1) is 0 Å². The first-order chi connectivity index (χ1) is 5.25. The lowest BCUT2D eigenvalue weighted by Gasteiger charge is -2.29. The zero-order chi connectivity index (χ0) is 9.94. The van der Waals surface area contributed by atoms with Gasteiger partial charge in [-0.05, 0) is 38.0 Å². The predicted octanol–water partition coefficient (Wildman–Crippen LogP) is 4.05. The van der Waals surface area contributed by atoms with Crippen molar-refractivity contribution in [3.63, 3.8) is 0 Å². The van der Waals surface area contributed by atoms with Crippen LogP contribution in [-0.4, -0.2) is 5.67 Å². The van der Waals surface area contributed by atoms with Crippen molar-refractivity contribution in [2.45, 2.75) is 53.6 Å². The van der Waals surface area contributed by atoms with Crippen LogP contribution in [0.5, 0.6) is 0 Å². The van der Waals surface area contributed by atoms with Crippen LogP contribution in [0.1, 0.15) is 48.0 Å². The van der Waals surface area contributed by atoms with Gasteiger partial charge >= 0.3 is 0 Å². The molecule has 1 heteroatoms. The molecule has 2 atom stereocenters. The van der Waals surface area contributed by atoms with E-state index in [0.717, 1.165) is 6.42 Å². The third-order valence-corrected chi connectivity index (χ3v) is 2.78. The first-order valence-corrected chi connectivity index (χ1v) is 4.94. The number of rotatable bonds is 4. The molecule has 0 radical (unpaired) electrons. The fourth-order valence-electron chi connectivity index (χ4n) is 1.62. The molecule has 2 unspecified atom stereocenters. The van der Waals surface area contributed by atoms with E-state index in [0.29, 0.717) is 11.8 Å². The van der Waals surface area contributed by atoms with Gasteiger partial charge in [-0.1, -0.05) is 27.7 Å². The number of alkyl halides is 1. The van der Waals surface area contributed by atoms with Gasteiger partial charge in [0, 0.05) is 0 Å². The summed E-state index contributed by atoms with van der Waals surface area (Å²) in [5.74, 6) is 1.30. The normalized spacial score (nSPS) is 18.0. The Bertz CT molecular complexity index is 121. The summed E-state index contributed by atoms with van der Waals surface area (Å²) in [6.45, 7) is 11.9. The zero-order valence-electron chi connectivity index (χ0n) is 9.32. The van der Waals surface area contributed by atoms with E-state index in [-0.39, 0.29) is 5.92 Å². The second kappa shape index (κ2) is 4.25. The maximum atomic E-state index is 13.5. The second-order valence-electron chi connectivity index (χ2n) is 4.96. The lowest BCUT2D eigenvalue weighted by molar-refractivity contribution is 0.0891. The summed E-state index contributed by atoms with van der Waals surface area (Å²) in [6, 6.07) is 0. The molecule has 0 bridgehead atoms. The molecule has 0 saturated carbocycles. The van der Waals surface area contributed by atoms with Gasteiger partial charge in [-0.2, -0.15) is 0 Å².